The molecule has 0 aromatic heterocycles. The van der Waals surface area contributed by atoms with Gasteiger partial charge < -0.3 is 21.5 Å². The fourth-order valence-corrected chi connectivity index (χ4v) is 2.94. The predicted octanol–water partition coefficient (Wildman–Crippen LogP) is 1.30. The lowest BCUT2D eigenvalue weighted by molar-refractivity contribution is -0.119. The summed E-state index contributed by atoms with van der Waals surface area (Å²) in [5.41, 5.74) is 13.6. The molecule has 1 aliphatic heterocycles. The van der Waals surface area contributed by atoms with Crippen molar-refractivity contribution < 1.29 is 14.3 Å². The van der Waals surface area contributed by atoms with Crippen LogP contribution in [0.3, 0.4) is 0 Å². The molecule has 0 saturated carbocycles. The number of primary amides is 1. The molecule has 0 saturated heterocycles. The number of carbonyl (C=O) groups is 2. The molecule has 2 amide bonds. The summed E-state index contributed by atoms with van der Waals surface area (Å²) in [5, 5.41) is 2.71. The number of amides is 2. The zero-order chi connectivity index (χ0) is 17.8. The predicted molar refractivity (Wildman–Crippen MR) is 94.1 cm³/mol. The molecule has 0 bridgehead atoms. The van der Waals surface area contributed by atoms with Crippen LogP contribution in [0.25, 0.3) is 0 Å². The van der Waals surface area contributed by atoms with Crippen LogP contribution in [0, 0.1) is 0 Å². The van der Waals surface area contributed by atoms with E-state index in [0.717, 1.165) is 11.1 Å². The highest BCUT2D eigenvalue weighted by atomic mass is 16.5. The molecule has 130 valence electrons. The normalized spacial score (nSPS) is 17.1. The third kappa shape index (κ3) is 3.80. The molecule has 1 aliphatic rings. The number of carbonyl (C=O) groups excluding carboxylic acids is 2. The minimum atomic E-state index is -0.803. The molecule has 6 heteroatoms. The Kier molecular flexibility index (Phi) is 5.00. The van der Waals surface area contributed by atoms with Gasteiger partial charge in [-0.15, -0.1) is 0 Å². The van der Waals surface area contributed by atoms with Crippen LogP contribution in [0.5, 0.6) is 5.75 Å². The molecule has 2 aromatic rings. The van der Waals surface area contributed by atoms with Gasteiger partial charge in [0.2, 0.25) is 5.91 Å². The Balaban J connectivity index is 1.81. The van der Waals surface area contributed by atoms with Gasteiger partial charge in [-0.3, -0.25) is 9.59 Å². The van der Waals surface area contributed by atoms with E-state index < -0.39 is 17.9 Å². The molecule has 3 rings (SSSR count). The largest absolute Gasteiger partial charge is 0.492 e. The highest BCUT2D eigenvalue weighted by molar-refractivity contribution is 6.00. The number of rotatable bonds is 5. The van der Waals surface area contributed by atoms with Gasteiger partial charge in [0.15, 0.2) is 0 Å². The number of hydrogen-bond acceptors (Lipinski definition) is 4. The SMILES string of the molecule is NC(=O)[C@H](Cc1ccccc1)NC(=O)c1cccc2c1OCCC2N. The van der Waals surface area contributed by atoms with Crippen LogP contribution < -0.4 is 21.5 Å². The van der Waals surface area contributed by atoms with E-state index in [-0.39, 0.29) is 6.04 Å². The molecule has 2 aromatic carbocycles. The lowest BCUT2D eigenvalue weighted by Gasteiger charge is -2.25. The fraction of sp³-hybridized carbons (Fsp3) is 0.263. The number of hydrogen-bond donors (Lipinski definition) is 3. The van der Waals surface area contributed by atoms with Gasteiger partial charge in [0, 0.05) is 24.4 Å². The summed E-state index contributed by atoms with van der Waals surface area (Å²) in [4.78, 5) is 24.5. The minimum Gasteiger partial charge on any atom is -0.492 e. The van der Waals surface area contributed by atoms with Crippen molar-refractivity contribution in [2.45, 2.75) is 24.9 Å². The van der Waals surface area contributed by atoms with E-state index in [1.54, 1.807) is 12.1 Å². The first kappa shape index (κ1) is 17.0. The van der Waals surface area contributed by atoms with Gasteiger partial charge in [-0.2, -0.15) is 0 Å². The summed E-state index contributed by atoms with van der Waals surface area (Å²) in [6.07, 6.45) is 1.04. The van der Waals surface area contributed by atoms with Gasteiger partial charge in [-0.05, 0) is 11.6 Å². The van der Waals surface area contributed by atoms with Gasteiger partial charge in [0.25, 0.3) is 5.91 Å². The van der Waals surface area contributed by atoms with Crippen LogP contribution in [0.2, 0.25) is 0 Å². The Bertz CT molecular complexity index is 777. The van der Waals surface area contributed by atoms with Crippen molar-refractivity contribution in [3.63, 3.8) is 0 Å². The van der Waals surface area contributed by atoms with E-state index >= 15 is 0 Å². The van der Waals surface area contributed by atoms with E-state index in [4.69, 9.17) is 16.2 Å². The molecule has 1 unspecified atom stereocenters. The van der Waals surface area contributed by atoms with E-state index in [1.807, 2.05) is 36.4 Å². The monoisotopic (exact) mass is 339 g/mol. The van der Waals surface area contributed by atoms with Gasteiger partial charge >= 0.3 is 0 Å². The second-order valence-electron chi connectivity index (χ2n) is 6.09. The summed E-state index contributed by atoms with van der Waals surface area (Å²) in [7, 11) is 0. The third-order valence-electron chi connectivity index (χ3n) is 4.30. The number of nitrogens with two attached hydrogens (primary N) is 2. The summed E-state index contributed by atoms with van der Waals surface area (Å²) < 4.78 is 5.65. The van der Waals surface area contributed by atoms with Crippen LogP contribution in [-0.2, 0) is 11.2 Å². The number of para-hydroxylation sites is 1. The maximum atomic E-state index is 12.7. The molecular formula is C19H21N3O3. The zero-order valence-electron chi connectivity index (χ0n) is 13.8. The maximum Gasteiger partial charge on any atom is 0.255 e. The van der Waals surface area contributed by atoms with Crippen molar-refractivity contribution in [2.75, 3.05) is 6.61 Å². The van der Waals surface area contributed by atoms with Crippen molar-refractivity contribution in [3.8, 4) is 5.75 Å². The standard InChI is InChI=1S/C19H21N3O3/c20-15-9-10-25-17-13(15)7-4-8-14(17)19(24)22-16(18(21)23)11-12-5-2-1-3-6-12/h1-8,15-16H,9-11,20H2,(H2,21,23)(H,22,24)/t15?,16-/m0/s1. The van der Waals surface area contributed by atoms with E-state index in [9.17, 15) is 9.59 Å². The molecule has 6 nitrogen and oxygen atoms in total. The van der Waals surface area contributed by atoms with Crippen LogP contribution in [0.1, 0.15) is 33.9 Å². The van der Waals surface area contributed by atoms with Crippen LogP contribution in [0.4, 0.5) is 0 Å². The molecule has 0 spiro atoms. The smallest absolute Gasteiger partial charge is 0.255 e. The average Bonchev–Trinajstić information content (AvgIpc) is 2.62. The Hall–Kier alpha value is -2.86. The Labute approximate surface area is 146 Å². The summed E-state index contributed by atoms with van der Waals surface area (Å²) >= 11 is 0. The summed E-state index contributed by atoms with van der Waals surface area (Å²) in [6.45, 7) is 0.460. The van der Waals surface area contributed by atoms with Gasteiger partial charge in [0.1, 0.15) is 11.8 Å². The van der Waals surface area contributed by atoms with Crippen molar-refractivity contribution in [1.82, 2.24) is 5.32 Å². The maximum absolute atomic E-state index is 12.7. The zero-order valence-corrected chi connectivity index (χ0v) is 13.8. The Morgan fingerprint density at radius 2 is 1.92 bits per heavy atom. The van der Waals surface area contributed by atoms with Gasteiger partial charge in [-0.1, -0.05) is 42.5 Å². The molecule has 25 heavy (non-hydrogen) atoms. The lowest BCUT2D eigenvalue weighted by Crippen LogP contribution is -2.46. The molecule has 0 radical (unpaired) electrons. The van der Waals surface area contributed by atoms with Crippen LogP contribution in [0.15, 0.2) is 48.5 Å². The molecule has 2 atom stereocenters. The molecular weight excluding hydrogens is 318 g/mol. The highest BCUT2D eigenvalue weighted by Gasteiger charge is 2.26. The summed E-state index contributed by atoms with van der Waals surface area (Å²) in [5.74, 6) is -0.494. The van der Waals surface area contributed by atoms with E-state index in [1.165, 1.54) is 0 Å². The van der Waals surface area contributed by atoms with Crippen molar-refractivity contribution >= 4 is 11.8 Å². The number of ether oxygens (including phenoxy) is 1. The van der Waals surface area contributed by atoms with Crippen molar-refractivity contribution in [2.24, 2.45) is 11.5 Å². The van der Waals surface area contributed by atoms with Gasteiger partial charge in [0.05, 0.1) is 12.2 Å². The highest BCUT2D eigenvalue weighted by Crippen LogP contribution is 2.33. The van der Waals surface area contributed by atoms with Crippen molar-refractivity contribution in [1.29, 1.82) is 0 Å². The molecule has 1 heterocycles. The van der Waals surface area contributed by atoms with Crippen LogP contribution >= 0.6 is 0 Å². The second kappa shape index (κ2) is 7.36. The first-order valence-electron chi connectivity index (χ1n) is 8.21. The fourth-order valence-electron chi connectivity index (χ4n) is 2.94. The van der Waals surface area contributed by atoms with Gasteiger partial charge in [-0.25, -0.2) is 0 Å². The van der Waals surface area contributed by atoms with E-state index in [0.29, 0.717) is 30.8 Å². The molecule has 0 fully saturated rings. The average molecular weight is 339 g/mol. The van der Waals surface area contributed by atoms with Crippen molar-refractivity contribution in [3.05, 3.63) is 65.2 Å². The minimum absolute atomic E-state index is 0.159. The topological polar surface area (TPSA) is 107 Å². The van der Waals surface area contributed by atoms with Crippen LogP contribution in [-0.4, -0.2) is 24.5 Å². The van der Waals surface area contributed by atoms with E-state index in [2.05, 4.69) is 5.32 Å². The Morgan fingerprint density at radius 1 is 1.16 bits per heavy atom. The molecule has 0 aliphatic carbocycles. The quantitative estimate of drug-likeness (QED) is 0.763. The first-order chi connectivity index (χ1) is 12.1. The number of fused-ring (bicyclic) bond motifs is 1. The number of nitrogens with one attached hydrogen (secondary N) is 1. The third-order valence-corrected chi connectivity index (χ3v) is 4.30. The lowest BCUT2D eigenvalue weighted by atomic mass is 9.97. The number of benzene rings is 2. The first-order valence-corrected chi connectivity index (χ1v) is 8.21. The Morgan fingerprint density at radius 3 is 2.64 bits per heavy atom. The second-order valence-corrected chi connectivity index (χ2v) is 6.09. The summed E-state index contributed by atoms with van der Waals surface area (Å²) in [6, 6.07) is 13.7. The molecule has 5 N–H and O–H groups in total.